The second-order valence-corrected chi connectivity index (χ2v) is 5.37. The molecule has 1 heterocycles. The maximum atomic E-state index is 10.8. The van der Waals surface area contributed by atoms with E-state index in [1.807, 2.05) is 0 Å². The second-order valence-electron chi connectivity index (χ2n) is 3.54. The monoisotopic (exact) mass is 207 g/mol. The minimum absolute atomic E-state index is 0.200. The highest BCUT2D eigenvalue weighted by molar-refractivity contribution is 7.88. The predicted molar refractivity (Wildman–Crippen MR) is 52.1 cm³/mol. The van der Waals surface area contributed by atoms with E-state index in [9.17, 15) is 8.42 Å². The van der Waals surface area contributed by atoms with E-state index in [0.29, 0.717) is 12.6 Å². The Morgan fingerprint density at radius 1 is 1.38 bits per heavy atom. The van der Waals surface area contributed by atoms with Gasteiger partial charge in [-0.25, -0.2) is 13.1 Å². The molecule has 0 aromatic rings. The molecule has 0 spiro atoms. The molecule has 1 rings (SSSR count). The molecule has 3 N–H and O–H groups in total. The zero-order chi connectivity index (χ0) is 9.90. The fourth-order valence-electron chi connectivity index (χ4n) is 1.23. The van der Waals surface area contributed by atoms with Gasteiger partial charge in [0, 0.05) is 31.7 Å². The predicted octanol–water partition coefficient (Wildman–Crippen LogP) is -1.51. The summed E-state index contributed by atoms with van der Waals surface area (Å²) in [6, 6.07) is 0.667. The van der Waals surface area contributed by atoms with Gasteiger partial charge in [0.05, 0.1) is 6.26 Å². The molecular weight excluding hydrogens is 190 g/mol. The number of rotatable bonds is 3. The minimum Gasteiger partial charge on any atom is -0.311 e. The van der Waals surface area contributed by atoms with Crippen LogP contribution in [0.4, 0.5) is 0 Å². The van der Waals surface area contributed by atoms with Crippen LogP contribution < -0.4 is 15.4 Å². The highest BCUT2D eigenvalue weighted by Gasteiger charge is 2.17. The zero-order valence-electron chi connectivity index (χ0n) is 8.00. The Labute approximate surface area is 79.3 Å². The Hall–Kier alpha value is -0.170. The van der Waals surface area contributed by atoms with Crippen LogP contribution in [0.15, 0.2) is 0 Å². The minimum atomic E-state index is -3.05. The molecule has 0 radical (unpaired) electrons. The van der Waals surface area contributed by atoms with Crippen LogP contribution in [0.2, 0.25) is 0 Å². The van der Waals surface area contributed by atoms with Crippen molar-refractivity contribution < 1.29 is 8.42 Å². The van der Waals surface area contributed by atoms with E-state index in [2.05, 4.69) is 22.3 Å². The van der Waals surface area contributed by atoms with Crippen LogP contribution in [-0.4, -0.2) is 46.4 Å². The fraction of sp³-hybridized carbons (Fsp3) is 1.00. The van der Waals surface area contributed by atoms with Gasteiger partial charge in [-0.2, -0.15) is 0 Å². The van der Waals surface area contributed by atoms with Crippen LogP contribution in [-0.2, 0) is 10.0 Å². The van der Waals surface area contributed by atoms with Crippen molar-refractivity contribution in [3.05, 3.63) is 0 Å². The summed E-state index contributed by atoms with van der Waals surface area (Å²) >= 11 is 0. The molecule has 0 aromatic carbocycles. The topological polar surface area (TPSA) is 70.2 Å². The van der Waals surface area contributed by atoms with Gasteiger partial charge in [-0.15, -0.1) is 0 Å². The van der Waals surface area contributed by atoms with Crippen LogP contribution in [0.5, 0.6) is 0 Å². The van der Waals surface area contributed by atoms with Gasteiger partial charge in [-0.05, 0) is 6.92 Å². The summed E-state index contributed by atoms with van der Waals surface area (Å²) < 4.78 is 24.0. The first-order valence-electron chi connectivity index (χ1n) is 4.39. The lowest BCUT2D eigenvalue weighted by Crippen LogP contribution is -2.56. The van der Waals surface area contributed by atoms with Crippen molar-refractivity contribution in [2.24, 2.45) is 0 Å². The zero-order valence-corrected chi connectivity index (χ0v) is 8.82. The largest absolute Gasteiger partial charge is 0.311 e. The molecule has 5 nitrogen and oxygen atoms in total. The third kappa shape index (κ3) is 4.56. The average molecular weight is 207 g/mol. The summed E-state index contributed by atoms with van der Waals surface area (Å²) in [6.07, 6.45) is 1.17. The number of hydrogen-bond donors (Lipinski definition) is 3. The lowest BCUT2D eigenvalue weighted by atomic mass is 10.2. The SMILES string of the molecule is CC1CNC(CNS(C)(=O)=O)CN1. The summed E-state index contributed by atoms with van der Waals surface area (Å²) in [5.74, 6) is 0. The summed E-state index contributed by atoms with van der Waals surface area (Å²) in [5.41, 5.74) is 0. The van der Waals surface area contributed by atoms with Crippen molar-refractivity contribution in [2.75, 3.05) is 25.9 Å². The summed E-state index contributed by atoms with van der Waals surface area (Å²) in [5, 5.41) is 6.52. The molecular formula is C7H17N3O2S. The van der Waals surface area contributed by atoms with Crippen LogP contribution in [0.1, 0.15) is 6.92 Å². The highest BCUT2D eigenvalue weighted by atomic mass is 32.2. The molecule has 1 aliphatic heterocycles. The molecule has 6 heteroatoms. The van der Waals surface area contributed by atoms with E-state index in [1.165, 1.54) is 6.26 Å². The van der Waals surface area contributed by atoms with E-state index in [-0.39, 0.29) is 6.04 Å². The normalized spacial score (nSPS) is 30.3. The van der Waals surface area contributed by atoms with Crippen LogP contribution in [0.25, 0.3) is 0 Å². The molecule has 2 unspecified atom stereocenters. The van der Waals surface area contributed by atoms with Crippen molar-refractivity contribution in [3.63, 3.8) is 0 Å². The van der Waals surface area contributed by atoms with E-state index < -0.39 is 10.0 Å². The number of hydrogen-bond acceptors (Lipinski definition) is 4. The molecule has 1 aliphatic rings. The maximum absolute atomic E-state index is 10.8. The third-order valence-electron chi connectivity index (χ3n) is 2.02. The molecule has 0 saturated carbocycles. The van der Waals surface area contributed by atoms with E-state index in [1.54, 1.807) is 0 Å². The fourth-order valence-corrected chi connectivity index (χ4v) is 1.73. The van der Waals surface area contributed by atoms with E-state index in [4.69, 9.17) is 0 Å². The van der Waals surface area contributed by atoms with Gasteiger partial charge in [-0.3, -0.25) is 0 Å². The molecule has 0 amide bonds. The molecule has 2 atom stereocenters. The highest BCUT2D eigenvalue weighted by Crippen LogP contribution is 1.91. The first-order chi connectivity index (χ1) is 5.97. The summed E-state index contributed by atoms with van der Waals surface area (Å²) in [4.78, 5) is 0. The Kier molecular flexibility index (Phi) is 3.66. The molecule has 0 aromatic heterocycles. The number of piperazine rings is 1. The molecule has 0 aliphatic carbocycles. The first-order valence-corrected chi connectivity index (χ1v) is 6.28. The van der Waals surface area contributed by atoms with Gasteiger partial charge in [0.15, 0.2) is 0 Å². The number of nitrogens with one attached hydrogen (secondary N) is 3. The average Bonchev–Trinajstić information content (AvgIpc) is 2.02. The van der Waals surface area contributed by atoms with Crippen molar-refractivity contribution in [2.45, 2.75) is 19.0 Å². The number of sulfonamides is 1. The van der Waals surface area contributed by atoms with Crippen LogP contribution in [0.3, 0.4) is 0 Å². The van der Waals surface area contributed by atoms with Gasteiger partial charge >= 0.3 is 0 Å². The molecule has 13 heavy (non-hydrogen) atoms. The van der Waals surface area contributed by atoms with Crippen molar-refractivity contribution >= 4 is 10.0 Å². The van der Waals surface area contributed by atoms with E-state index >= 15 is 0 Å². The smallest absolute Gasteiger partial charge is 0.208 e. The van der Waals surface area contributed by atoms with Crippen molar-refractivity contribution in [3.8, 4) is 0 Å². The van der Waals surface area contributed by atoms with Crippen molar-refractivity contribution in [1.82, 2.24) is 15.4 Å². The molecule has 1 saturated heterocycles. The third-order valence-corrected chi connectivity index (χ3v) is 2.71. The van der Waals surface area contributed by atoms with Crippen molar-refractivity contribution in [1.29, 1.82) is 0 Å². The lowest BCUT2D eigenvalue weighted by molar-refractivity contribution is 0.359. The van der Waals surface area contributed by atoms with Gasteiger partial charge in [-0.1, -0.05) is 0 Å². The lowest BCUT2D eigenvalue weighted by Gasteiger charge is -2.28. The quantitative estimate of drug-likeness (QED) is 0.526. The summed E-state index contributed by atoms with van der Waals surface area (Å²) in [6.45, 7) is 4.24. The second kappa shape index (κ2) is 4.36. The Morgan fingerprint density at radius 3 is 2.54 bits per heavy atom. The van der Waals surface area contributed by atoms with Crippen LogP contribution in [0, 0.1) is 0 Å². The summed E-state index contributed by atoms with van der Waals surface area (Å²) in [7, 11) is -3.05. The maximum Gasteiger partial charge on any atom is 0.208 e. The molecule has 0 bridgehead atoms. The Balaban J connectivity index is 2.24. The Morgan fingerprint density at radius 2 is 2.08 bits per heavy atom. The van der Waals surface area contributed by atoms with Gasteiger partial charge in [0.25, 0.3) is 0 Å². The van der Waals surface area contributed by atoms with E-state index in [0.717, 1.165) is 13.1 Å². The molecule has 1 fully saturated rings. The van der Waals surface area contributed by atoms with Gasteiger partial charge < -0.3 is 10.6 Å². The van der Waals surface area contributed by atoms with Gasteiger partial charge in [0.1, 0.15) is 0 Å². The Bertz CT molecular complexity index is 244. The first kappa shape index (κ1) is 10.9. The molecule has 78 valence electrons. The van der Waals surface area contributed by atoms with Gasteiger partial charge in [0.2, 0.25) is 10.0 Å². The van der Waals surface area contributed by atoms with Crippen LogP contribution >= 0.6 is 0 Å². The standard InChI is InChI=1S/C7H17N3O2S/c1-6-3-9-7(4-8-6)5-10-13(2,11)12/h6-10H,3-5H2,1-2H3.